The fraction of sp³-hybridized carbons (Fsp3) is 0.878. The van der Waals surface area contributed by atoms with Gasteiger partial charge in [-0.05, 0) is 77.7 Å². The van der Waals surface area contributed by atoms with Crippen LogP contribution in [0.25, 0.3) is 0 Å². The summed E-state index contributed by atoms with van der Waals surface area (Å²) in [6.07, 6.45) is 49.8. The lowest BCUT2D eigenvalue weighted by atomic mass is 10.1. The molecule has 3 heteroatoms. The Hall–Kier alpha value is -1.09. The Morgan fingerprint density at radius 3 is 1.39 bits per heavy atom. The smallest absolute Gasteiger partial charge is 0.100 e. The number of allylic oxidation sites excluding steroid dienone is 4. The van der Waals surface area contributed by atoms with Crippen molar-refractivity contribution in [3.63, 3.8) is 0 Å². The average molecular weight is 614 g/mol. The van der Waals surface area contributed by atoms with Crippen molar-refractivity contribution in [1.29, 1.82) is 0 Å². The van der Waals surface area contributed by atoms with Gasteiger partial charge in [0, 0.05) is 13.0 Å². The number of hydrogen-bond acceptors (Lipinski definition) is 3. The second kappa shape index (κ2) is 33.3. The summed E-state index contributed by atoms with van der Waals surface area (Å²) in [5.41, 5.74) is 0. The highest BCUT2D eigenvalue weighted by Crippen LogP contribution is 2.15. The summed E-state index contributed by atoms with van der Waals surface area (Å²) >= 11 is 0. The zero-order chi connectivity index (χ0) is 31.6. The lowest BCUT2D eigenvalue weighted by Gasteiger charge is -2.28. The van der Waals surface area contributed by atoms with E-state index < -0.39 is 0 Å². The molecule has 3 nitrogen and oxygen atoms in total. The van der Waals surface area contributed by atoms with E-state index in [2.05, 4.69) is 55.3 Å². The first kappa shape index (κ1) is 40.9. The van der Waals surface area contributed by atoms with Gasteiger partial charge < -0.3 is 4.90 Å². The zero-order valence-corrected chi connectivity index (χ0v) is 30.4. The van der Waals surface area contributed by atoms with Crippen molar-refractivity contribution < 1.29 is 0 Å². The van der Waals surface area contributed by atoms with E-state index in [0.29, 0.717) is 6.17 Å². The third-order valence-corrected chi connectivity index (χ3v) is 9.47. The van der Waals surface area contributed by atoms with Crippen LogP contribution in [0.3, 0.4) is 0 Å². The molecule has 0 bridgehead atoms. The normalized spacial score (nSPS) is 14.4. The van der Waals surface area contributed by atoms with Gasteiger partial charge in [0.2, 0.25) is 0 Å². The highest BCUT2D eigenvalue weighted by molar-refractivity contribution is 5.83. The van der Waals surface area contributed by atoms with E-state index >= 15 is 0 Å². The van der Waals surface area contributed by atoms with Crippen molar-refractivity contribution in [1.82, 2.24) is 10.2 Å². The van der Waals surface area contributed by atoms with E-state index in [1.807, 2.05) is 0 Å². The number of amidine groups is 1. The minimum absolute atomic E-state index is 0.425. The van der Waals surface area contributed by atoms with Gasteiger partial charge in [0.1, 0.15) is 5.84 Å². The Labute approximate surface area is 277 Å². The average Bonchev–Trinajstić information content (AvgIpc) is 3.51. The minimum atomic E-state index is 0.425. The second-order valence-electron chi connectivity index (χ2n) is 13.7. The maximum absolute atomic E-state index is 4.86. The molecule has 0 spiro atoms. The van der Waals surface area contributed by atoms with Crippen LogP contribution in [0.4, 0.5) is 0 Å². The van der Waals surface area contributed by atoms with Crippen LogP contribution < -0.4 is 5.32 Å². The topological polar surface area (TPSA) is 27.6 Å². The number of nitrogens with zero attached hydrogens (tertiary/aromatic N) is 2. The van der Waals surface area contributed by atoms with Crippen LogP contribution in [-0.4, -0.2) is 36.5 Å². The molecule has 1 atom stereocenters. The lowest BCUT2D eigenvalue weighted by molar-refractivity contribution is 0.296. The lowest BCUT2D eigenvalue weighted by Crippen LogP contribution is -2.45. The second-order valence-corrected chi connectivity index (χ2v) is 13.7. The SMILES string of the molecule is CCCCCCCC/C=C\CCCCCCCCNC(C)N1CCN=C1CCCCCCCC/C=C\CCCCCCCC. The highest BCUT2D eigenvalue weighted by atomic mass is 15.3. The zero-order valence-electron chi connectivity index (χ0n) is 30.4. The van der Waals surface area contributed by atoms with Crippen molar-refractivity contribution >= 4 is 5.84 Å². The molecule has 0 saturated carbocycles. The predicted octanol–water partition coefficient (Wildman–Crippen LogP) is 13.1. The maximum atomic E-state index is 4.86. The monoisotopic (exact) mass is 614 g/mol. The van der Waals surface area contributed by atoms with Gasteiger partial charge in [-0.3, -0.25) is 10.3 Å². The molecule has 44 heavy (non-hydrogen) atoms. The number of hydrogen-bond donors (Lipinski definition) is 1. The molecule has 0 saturated heterocycles. The van der Waals surface area contributed by atoms with Crippen LogP contribution in [0.15, 0.2) is 29.3 Å². The van der Waals surface area contributed by atoms with Gasteiger partial charge in [-0.15, -0.1) is 0 Å². The predicted molar refractivity (Wildman–Crippen MR) is 200 cm³/mol. The van der Waals surface area contributed by atoms with Gasteiger partial charge in [0.25, 0.3) is 0 Å². The summed E-state index contributed by atoms with van der Waals surface area (Å²) < 4.78 is 0. The largest absolute Gasteiger partial charge is 0.343 e. The molecule has 1 N–H and O–H groups in total. The van der Waals surface area contributed by atoms with Crippen molar-refractivity contribution in [3.8, 4) is 0 Å². The first-order chi connectivity index (χ1) is 21.8. The van der Waals surface area contributed by atoms with Crippen LogP contribution >= 0.6 is 0 Å². The summed E-state index contributed by atoms with van der Waals surface area (Å²) in [6.45, 7) is 10.2. The summed E-state index contributed by atoms with van der Waals surface area (Å²) in [5, 5.41) is 3.79. The van der Waals surface area contributed by atoms with Crippen LogP contribution in [0, 0.1) is 0 Å². The Kier molecular flexibility index (Phi) is 31.0. The molecule has 0 aromatic heterocycles. The summed E-state index contributed by atoms with van der Waals surface area (Å²) in [6, 6.07) is 0. The molecule has 1 unspecified atom stereocenters. The fourth-order valence-corrected chi connectivity index (χ4v) is 6.47. The molecular formula is C41H79N3. The highest BCUT2D eigenvalue weighted by Gasteiger charge is 2.21. The van der Waals surface area contributed by atoms with E-state index in [-0.39, 0.29) is 0 Å². The molecule has 1 rings (SSSR count). The standard InChI is InChI=1S/C41H79N3/c1-4-6-8-10-12-14-16-18-20-22-24-26-28-30-32-34-36-41-43-38-39-44(41)40(3)42-37-35-33-31-29-27-25-23-21-19-17-15-13-11-9-7-5-2/h18-21,40,42H,4-17,22-39H2,1-3H3/b20-18-,21-19-. The van der Waals surface area contributed by atoms with Crippen molar-refractivity contribution in [2.45, 2.75) is 213 Å². The van der Waals surface area contributed by atoms with Crippen molar-refractivity contribution in [3.05, 3.63) is 24.3 Å². The van der Waals surface area contributed by atoms with Crippen molar-refractivity contribution in [2.75, 3.05) is 19.6 Å². The molecule has 1 aliphatic rings. The summed E-state index contributed by atoms with van der Waals surface area (Å²) in [7, 11) is 0. The van der Waals surface area contributed by atoms with E-state index in [4.69, 9.17) is 4.99 Å². The Balaban J connectivity index is 1.89. The fourth-order valence-electron chi connectivity index (χ4n) is 6.47. The van der Waals surface area contributed by atoms with Crippen LogP contribution in [0.5, 0.6) is 0 Å². The van der Waals surface area contributed by atoms with Crippen LogP contribution in [0.2, 0.25) is 0 Å². The Morgan fingerprint density at radius 1 is 0.545 bits per heavy atom. The van der Waals surface area contributed by atoms with E-state index in [0.717, 1.165) is 19.6 Å². The van der Waals surface area contributed by atoms with Crippen molar-refractivity contribution in [2.24, 2.45) is 4.99 Å². The Bertz CT molecular complexity index is 667. The van der Waals surface area contributed by atoms with Gasteiger partial charge in [-0.1, -0.05) is 154 Å². The van der Waals surface area contributed by atoms with Gasteiger partial charge in [-0.25, -0.2) is 0 Å². The molecule has 0 radical (unpaired) electrons. The third-order valence-electron chi connectivity index (χ3n) is 9.47. The molecule has 1 aliphatic heterocycles. The van der Waals surface area contributed by atoms with Gasteiger partial charge in [0.15, 0.2) is 0 Å². The summed E-state index contributed by atoms with van der Waals surface area (Å²) in [4.78, 5) is 7.40. The number of aliphatic imine (C=N–C) groups is 1. The number of nitrogens with one attached hydrogen (secondary N) is 1. The molecule has 0 fully saturated rings. The maximum Gasteiger partial charge on any atom is 0.100 e. The van der Waals surface area contributed by atoms with Gasteiger partial charge >= 0.3 is 0 Å². The molecule has 0 amide bonds. The minimum Gasteiger partial charge on any atom is -0.343 e. The number of unbranched alkanes of at least 4 members (excludes halogenated alkanes) is 24. The first-order valence-corrected chi connectivity index (χ1v) is 20.1. The van der Waals surface area contributed by atoms with E-state index in [1.165, 1.54) is 192 Å². The van der Waals surface area contributed by atoms with E-state index in [9.17, 15) is 0 Å². The van der Waals surface area contributed by atoms with E-state index in [1.54, 1.807) is 0 Å². The third kappa shape index (κ3) is 26.2. The van der Waals surface area contributed by atoms with Gasteiger partial charge in [-0.2, -0.15) is 0 Å². The van der Waals surface area contributed by atoms with Crippen LogP contribution in [0.1, 0.15) is 207 Å². The molecule has 0 aromatic rings. The molecule has 0 aromatic carbocycles. The van der Waals surface area contributed by atoms with Gasteiger partial charge in [0.05, 0.1) is 12.7 Å². The molecule has 258 valence electrons. The van der Waals surface area contributed by atoms with Crippen LogP contribution in [-0.2, 0) is 0 Å². The quantitative estimate of drug-likeness (QED) is 0.0577. The number of rotatable bonds is 34. The Morgan fingerprint density at radius 2 is 0.932 bits per heavy atom. The molecule has 0 aliphatic carbocycles. The molecular weight excluding hydrogens is 534 g/mol. The molecule has 1 heterocycles. The first-order valence-electron chi connectivity index (χ1n) is 20.1. The summed E-state index contributed by atoms with van der Waals surface area (Å²) in [5.74, 6) is 1.36.